The summed E-state index contributed by atoms with van der Waals surface area (Å²) in [4.78, 5) is 15.0. The van der Waals surface area contributed by atoms with Gasteiger partial charge in [-0.25, -0.2) is 8.42 Å². The summed E-state index contributed by atoms with van der Waals surface area (Å²) in [6, 6.07) is 6.85. The average molecular weight is 453 g/mol. The van der Waals surface area contributed by atoms with E-state index in [1.165, 1.54) is 0 Å². The molecule has 0 atom stereocenters. The molecule has 3 fully saturated rings. The highest BCUT2D eigenvalue weighted by molar-refractivity contribution is 7.89. The number of rotatable bonds is 6. The van der Waals surface area contributed by atoms with Gasteiger partial charge in [-0.1, -0.05) is 19.3 Å². The number of nitrogens with zero attached hydrogens (tertiary/aromatic N) is 1. The second-order valence-corrected chi connectivity index (χ2v) is 10.2. The van der Waals surface area contributed by atoms with Gasteiger partial charge < -0.3 is 19.1 Å². The maximum absolute atomic E-state index is 13.1. The van der Waals surface area contributed by atoms with Crippen molar-refractivity contribution in [2.75, 3.05) is 37.8 Å². The molecule has 1 saturated carbocycles. The monoisotopic (exact) mass is 452 g/mol. The van der Waals surface area contributed by atoms with Gasteiger partial charge in [0, 0.05) is 31.6 Å². The molecule has 1 aromatic carbocycles. The number of sulfonamides is 1. The number of ether oxygens (including phenoxy) is 3. The lowest BCUT2D eigenvalue weighted by molar-refractivity contribution is -0.169. The molecule has 1 aromatic rings. The van der Waals surface area contributed by atoms with E-state index in [9.17, 15) is 13.2 Å². The quantitative estimate of drug-likeness (QED) is 0.663. The summed E-state index contributed by atoms with van der Waals surface area (Å²) in [7, 11) is -3.86. The standard InChI is InChI=1S/C22H32N2O6S/c1-2-28-20(25)21(10-4-3-5-11-21)23-31(26,27)19-8-6-18(7-9-19)24-14-12-22(13-15-24)29-16-17-30-22/h6-9,23H,2-5,10-17H2,1H3. The van der Waals surface area contributed by atoms with E-state index in [4.69, 9.17) is 14.2 Å². The van der Waals surface area contributed by atoms with Crippen LogP contribution < -0.4 is 9.62 Å². The van der Waals surface area contributed by atoms with Crippen molar-refractivity contribution in [1.82, 2.24) is 4.72 Å². The first-order chi connectivity index (χ1) is 14.9. The second-order valence-electron chi connectivity index (χ2n) is 8.56. The van der Waals surface area contributed by atoms with E-state index in [0.29, 0.717) is 26.1 Å². The molecule has 31 heavy (non-hydrogen) atoms. The van der Waals surface area contributed by atoms with Crippen molar-refractivity contribution in [2.24, 2.45) is 0 Å². The number of esters is 1. The molecule has 2 saturated heterocycles. The fourth-order valence-electron chi connectivity index (χ4n) is 4.82. The second kappa shape index (κ2) is 9.05. The van der Waals surface area contributed by atoms with Crippen LogP contribution in [0.4, 0.5) is 5.69 Å². The summed E-state index contributed by atoms with van der Waals surface area (Å²) < 4.78 is 45.7. The first-order valence-corrected chi connectivity index (χ1v) is 12.7. The van der Waals surface area contributed by atoms with E-state index in [-0.39, 0.29) is 11.5 Å². The smallest absolute Gasteiger partial charge is 0.327 e. The first-order valence-electron chi connectivity index (χ1n) is 11.2. The normalized spacial score (nSPS) is 23.1. The van der Waals surface area contributed by atoms with Crippen LogP contribution in [0.5, 0.6) is 0 Å². The Morgan fingerprint density at radius 3 is 2.23 bits per heavy atom. The summed E-state index contributed by atoms with van der Waals surface area (Å²) in [5.74, 6) is -0.918. The van der Waals surface area contributed by atoms with Crippen LogP contribution in [-0.4, -0.2) is 58.6 Å². The SMILES string of the molecule is CCOC(=O)C1(NS(=O)(=O)c2ccc(N3CCC4(CC3)OCCO4)cc2)CCCCC1. The molecule has 1 aliphatic carbocycles. The summed E-state index contributed by atoms with van der Waals surface area (Å²) in [5, 5.41) is 0. The van der Waals surface area contributed by atoms with Crippen LogP contribution >= 0.6 is 0 Å². The Hall–Kier alpha value is -1.68. The van der Waals surface area contributed by atoms with Crippen LogP contribution in [0.1, 0.15) is 51.9 Å². The lowest BCUT2D eigenvalue weighted by Gasteiger charge is -2.38. The zero-order chi connectivity index (χ0) is 22.0. The molecule has 1 spiro atoms. The van der Waals surface area contributed by atoms with Crippen molar-refractivity contribution < 1.29 is 27.4 Å². The highest BCUT2D eigenvalue weighted by Crippen LogP contribution is 2.34. The molecule has 0 radical (unpaired) electrons. The Labute approximate surface area is 184 Å². The Morgan fingerprint density at radius 2 is 1.65 bits per heavy atom. The third-order valence-electron chi connectivity index (χ3n) is 6.55. The minimum Gasteiger partial charge on any atom is -0.465 e. The molecule has 3 aliphatic rings. The minimum absolute atomic E-state index is 0.154. The zero-order valence-corrected chi connectivity index (χ0v) is 18.9. The molecule has 172 valence electrons. The predicted octanol–water partition coefficient (Wildman–Crippen LogP) is 2.57. The third kappa shape index (κ3) is 4.74. The highest BCUT2D eigenvalue weighted by Gasteiger charge is 2.44. The van der Waals surface area contributed by atoms with Gasteiger partial charge in [-0.2, -0.15) is 4.72 Å². The van der Waals surface area contributed by atoms with Crippen molar-refractivity contribution >= 4 is 21.7 Å². The van der Waals surface area contributed by atoms with Crippen molar-refractivity contribution in [1.29, 1.82) is 0 Å². The van der Waals surface area contributed by atoms with Crippen LogP contribution in [0.2, 0.25) is 0 Å². The summed E-state index contributed by atoms with van der Waals surface area (Å²) in [5.41, 5.74) is -0.210. The zero-order valence-electron chi connectivity index (χ0n) is 18.1. The summed E-state index contributed by atoms with van der Waals surface area (Å²) >= 11 is 0. The largest absolute Gasteiger partial charge is 0.465 e. The number of hydrogen-bond donors (Lipinski definition) is 1. The molecular formula is C22H32N2O6S. The van der Waals surface area contributed by atoms with Crippen molar-refractivity contribution in [3.05, 3.63) is 24.3 Å². The van der Waals surface area contributed by atoms with E-state index in [1.807, 2.05) is 12.1 Å². The van der Waals surface area contributed by atoms with E-state index >= 15 is 0 Å². The van der Waals surface area contributed by atoms with Gasteiger partial charge in [-0.15, -0.1) is 0 Å². The number of carbonyl (C=O) groups is 1. The Bertz CT molecular complexity index is 864. The van der Waals surface area contributed by atoms with Crippen LogP contribution in [-0.2, 0) is 29.0 Å². The van der Waals surface area contributed by atoms with E-state index in [1.54, 1.807) is 19.1 Å². The molecule has 0 aromatic heterocycles. The maximum atomic E-state index is 13.1. The molecule has 9 heteroatoms. The lowest BCUT2D eigenvalue weighted by Crippen LogP contribution is -2.56. The molecule has 0 unspecified atom stereocenters. The van der Waals surface area contributed by atoms with Crippen LogP contribution in [0.3, 0.4) is 0 Å². The Balaban J connectivity index is 1.45. The van der Waals surface area contributed by atoms with E-state index < -0.39 is 27.3 Å². The third-order valence-corrected chi connectivity index (χ3v) is 8.11. The number of anilines is 1. The molecule has 8 nitrogen and oxygen atoms in total. The van der Waals surface area contributed by atoms with Gasteiger partial charge in [-0.05, 0) is 44.0 Å². The number of nitrogens with one attached hydrogen (secondary N) is 1. The van der Waals surface area contributed by atoms with Gasteiger partial charge in [0.2, 0.25) is 10.0 Å². The van der Waals surface area contributed by atoms with E-state index in [2.05, 4.69) is 9.62 Å². The van der Waals surface area contributed by atoms with Gasteiger partial charge >= 0.3 is 5.97 Å². The molecule has 2 heterocycles. The molecule has 0 bridgehead atoms. The van der Waals surface area contributed by atoms with Gasteiger partial charge in [0.25, 0.3) is 0 Å². The molecular weight excluding hydrogens is 420 g/mol. The Morgan fingerprint density at radius 1 is 1.03 bits per heavy atom. The fourth-order valence-corrected chi connectivity index (χ4v) is 6.23. The molecule has 0 amide bonds. The minimum atomic E-state index is -3.86. The van der Waals surface area contributed by atoms with Crippen LogP contribution in [0.15, 0.2) is 29.2 Å². The number of piperidine rings is 1. The van der Waals surface area contributed by atoms with Gasteiger partial charge in [-0.3, -0.25) is 4.79 Å². The fraction of sp³-hybridized carbons (Fsp3) is 0.682. The van der Waals surface area contributed by atoms with Gasteiger partial charge in [0.15, 0.2) is 5.79 Å². The van der Waals surface area contributed by atoms with Crippen molar-refractivity contribution in [3.8, 4) is 0 Å². The van der Waals surface area contributed by atoms with Crippen LogP contribution in [0, 0.1) is 0 Å². The number of carbonyl (C=O) groups excluding carboxylic acids is 1. The maximum Gasteiger partial charge on any atom is 0.327 e. The topological polar surface area (TPSA) is 94.2 Å². The summed E-state index contributed by atoms with van der Waals surface area (Å²) in [6.07, 6.45) is 5.08. The van der Waals surface area contributed by atoms with Crippen LogP contribution in [0.25, 0.3) is 0 Å². The number of hydrogen-bond acceptors (Lipinski definition) is 7. The van der Waals surface area contributed by atoms with Crippen molar-refractivity contribution in [2.45, 2.75) is 68.1 Å². The molecule has 4 rings (SSSR count). The number of benzene rings is 1. The first kappa shape index (κ1) is 22.5. The summed E-state index contributed by atoms with van der Waals surface area (Å²) in [6.45, 7) is 4.82. The van der Waals surface area contributed by atoms with Gasteiger partial charge in [0.1, 0.15) is 5.54 Å². The van der Waals surface area contributed by atoms with E-state index in [0.717, 1.165) is 50.9 Å². The highest BCUT2D eigenvalue weighted by atomic mass is 32.2. The van der Waals surface area contributed by atoms with Gasteiger partial charge in [0.05, 0.1) is 24.7 Å². The molecule has 1 N–H and O–H groups in total. The van der Waals surface area contributed by atoms with Crippen molar-refractivity contribution in [3.63, 3.8) is 0 Å². The lowest BCUT2D eigenvalue weighted by atomic mass is 9.82. The predicted molar refractivity (Wildman–Crippen MR) is 115 cm³/mol. The molecule has 2 aliphatic heterocycles. The average Bonchev–Trinajstić information content (AvgIpc) is 3.23. The Kier molecular flexibility index (Phi) is 6.57.